The first-order chi connectivity index (χ1) is 7.35. The number of rotatable bonds is 3. The van der Waals surface area contributed by atoms with Crippen molar-refractivity contribution in [3.63, 3.8) is 0 Å². The highest BCUT2D eigenvalue weighted by Gasteiger charge is 2.05. The first kappa shape index (κ1) is 9.93. The molecule has 0 spiro atoms. The molecule has 0 radical (unpaired) electrons. The third-order valence-corrected chi connectivity index (χ3v) is 2.53. The molecule has 1 aromatic heterocycles. The van der Waals surface area contributed by atoms with Crippen molar-refractivity contribution >= 4 is 0 Å². The number of imidazole rings is 1. The lowest BCUT2D eigenvalue weighted by atomic mass is 10.1. The monoisotopic (exact) mass is 201 g/mol. The van der Waals surface area contributed by atoms with E-state index >= 15 is 0 Å². The van der Waals surface area contributed by atoms with Gasteiger partial charge >= 0.3 is 0 Å². The molecule has 0 aliphatic rings. The van der Waals surface area contributed by atoms with E-state index in [0.29, 0.717) is 6.54 Å². The highest BCUT2D eigenvalue weighted by molar-refractivity contribution is 5.61. The van der Waals surface area contributed by atoms with Crippen LogP contribution in [0.5, 0.6) is 0 Å². The SMILES string of the molecule is CCc1[nH]cnc1-c1ccc(CN)cc1. The molecule has 1 heterocycles. The number of benzene rings is 1. The second kappa shape index (κ2) is 4.28. The van der Waals surface area contributed by atoms with E-state index in [2.05, 4.69) is 29.0 Å². The first-order valence-electron chi connectivity index (χ1n) is 5.16. The number of aromatic nitrogens is 2. The van der Waals surface area contributed by atoms with Gasteiger partial charge in [0.25, 0.3) is 0 Å². The van der Waals surface area contributed by atoms with Crippen LogP contribution in [-0.2, 0) is 13.0 Å². The molecular formula is C12H15N3. The fourth-order valence-electron chi connectivity index (χ4n) is 1.64. The van der Waals surface area contributed by atoms with Crippen LogP contribution in [0, 0.1) is 0 Å². The Hall–Kier alpha value is -1.61. The van der Waals surface area contributed by atoms with Crippen molar-refractivity contribution in [2.75, 3.05) is 0 Å². The van der Waals surface area contributed by atoms with E-state index in [-0.39, 0.29) is 0 Å². The molecule has 0 saturated heterocycles. The Morgan fingerprint density at radius 2 is 2.00 bits per heavy atom. The van der Waals surface area contributed by atoms with E-state index in [1.165, 1.54) is 5.69 Å². The van der Waals surface area contributed by atoms with Crippen molar-refractivity contribution in [3.05, 3.63) is 41.9 Å². The summed E-state index contributed by atoms with van der Waals surface area (Å²) in [4.78, 5) is 7.47. The van der Waals surface area contributed by atoms with Crippen molar-refractivity contribution in [2.45, 2.75) is 19.9 Å². The number of H-pyrrole nitrogens is 1. The highest BCUT2D eigenvalue weighted by Crippen LogP contribution is 2.20. The zero-order valence-electron chi connectivity index (χ0n) is 8.83. The highest BCUT2D eigenvalue weighted by atomic mass is 14.9. The predicted molar refractivity (Wildman–Crippen MR) is 61.3 cm³/mol. The summed E-state index contributed by atoms with van der Waals surface area (Å²) in [7, 11) is 0. The van der Waals surface area contributed by atoms with Gasteiger partial charge in [0, 0.05) is 17.8 Å². The van der Waals surface area contributed by atoms with Crippen molar-refractivity contribution < 1.29 is 0 Å². The lowest BCUT2D eigenvalue weighted by molar-refractivity contribution is 1.06. The zero-order valence-corrected chi connectivity index (χ0v) is 8.83. The van der Waals surface area contributed by atoms with Crippen LogP contribution in [0.25, 0.3) is 11.3 Å². The predicted octanol–water partition coefficient (Wildman–Crippen LogP) is 2.10. The molecule has 78 valence electrons. The Balaban J connectivity index is 2.37. The summed E-state index contributed by atoms with van der Waals surface area (Å²) >= 11 is 0. The Labute approximate surface area is 89.4 Å². The quantitative estimate of drug-likeness (QED) is 0.799. The Bertz CT molecular complexity index is 428. The van der Waals surface area contributed by atoms with Crippen LogP contribution >= 0.6 is 0 Å². The van der Waals surface area contributed by atoms with E-state index in [4.69, 9.17) is 5.73 Å². The van der Waals surface area contributed by atoms with Crippen LogP contribution < -0.4 is 5.73 Å². The standard InChI is InChI=1S/C12H15N3/c1-2-11-12(15-8-14-11)10-5-3-9(7-13)4-6-10/h3-6,8H,2,7,13H2,1H3,(H,14,15). The molecule has 3 heteroatoms. The number of nitrogens with one attached hydrogen (secondary N) is 1. The van der Waals surface area contributed by atoms with Crippen molar-refractivity contribution in [1.29, 1.82) is 0 Å². The van der Waals surface area contributed by atoms with Crippen molar-refractivity contribution in [1.82, 2.24) is 9.97 Å². The Kier molecular flexibility index (Phi) is 2.83. The fourth-order valence-corrected chi connectivity index (χ4v) is 1.64. The molecular weight excluding hydrogens is 186 g/mol. The molecule has 0 amide bonds. The van der Waals surface area contributed by atoms with Crippen LogP contribution in [-0.4, -0.2) is 9.97 Å². The largest absolute Gasteiger partial charge is 0.348 e. The average molecular weight is 201 g/mol. The third-order valence-electron chi connectivity index (χ3n) is 2.53. The lowest BCUT2D eigenvalue weighted by Gasteiger charge is -2.02. The van der Waals surface area contributed by atoms with Gasteiger partial charge in [-0.2, -0.15) is 0 Å². The molecule has 0 unspecified atom stereocenters. The molecule has 0 atom stereocenters. The van der Waals surface area contributed by atoms with Crippen LogP contribution in [0.4, 0.5) is 0 Å². The van der Waals surface area contributed by atoms with Crippen LogP contribution in [0.15, 0.2) is 30.6 Å². The van der Waals surface area contributed by atoms with Crippen LogP contribution in [0.2, 0.25) is 0 Å². The molecule has 2 aromatic rings. The fraction of sp³-hybridized carbons (Fsp3) is 0.250. The normalized spacial score (nSPS) is 10.5. The van der Waals surface area contributed by atoms with Gasteiger partial charge in [0.15, 0.2) is 0 Å². The number of nitrogens with zero attached hydrogens (tertiary/aromatic N) is 1. The zero-order chi connectivity index (χ0) is 10.7. The molecule has 3 N–H and O–H groups in total. The van der Waals surface area contributed by atoms with Gasteiger partial charge in [0.1, 0.15) is 0 Å². The average Bonchev–Trinajstić information content (AvgIpc) is 2.77. The molecule has 15 heavy (non-hydrogen) atoms. The molecule has 2 rings (SSSR count). The molecule has 1 aromatic carbocycles. The van der Waals surface area contributed by atoms with E-state index in [1.807, 2.05) is 12.1 Å². The van der Waals surface area contributed by atoms with Gasteiger partial charge in [-0.3, -0.25) is 0 Å². The topological polar surface area (TPSA) is 54.7 Å². The Morgan fingerprint density at radius 1 is 1.27 bits per heavy atom. The van der Waals surface area contributed by atoms with Gasteiger partial charge in [0.05, 0.1) is 12.0 Å². The number of hydrogen-bond acceptors (Lipinski definition) is 2. The molecule has 3 nitrogen and oxygen atoms in total. The number of aryl methyl sites for hydroxylation is 1. The van der Waals surface area contributed by atoms with Gasteiger partial charge in [-0.05, 0) is 12.0 Å². The summed E-state index contributed by atoms with van der Waals surface area (Å²) in [6.45, 7) is 2.70. The van der Waals surface area contributed by atoms with E-state index in [9.17, 15) is 0 Å². The van der Waals surface area contributed by atoms with Gasteiger partial charge in [-0.15, -0.1) is 0 Å². The van der Waals surface area contributed by atoms with Crippen molar-refractivity contribution in [3.8, 4) is 11.3 Å². The summed E-state index contributed by atoms with van der Waals surface area (Å²) in [6.07, 6.45) is 2.71. The van der Waals surface area contributed by atoms with E-state index < -0.39 is 0 Å². The summed E-state index contributed by atoms with van der Waals surface area (Å²) in [5.74, 6) is 0. The Morgan fingerprint density at radius 3 is 2.60 bits per heavy atom. The van der Waals surface area contributed by atoms with Gasteiger partial charge in [0.2, 0.25) is 0 Å². The first-order valence-corrected chi connectivity index (χ1v) is 5.16. The number of hydrogen-bond donors (Lipinski definition) is 2. The van der Waals surface area contributed by atoms with Gasteiger partial charge in [-0.25, -0.2) is 4.98 Å². The van der Waals surface area contributed by atoms with Crippen molar-refractivity contribution in [2.24, 2.45) is 5.73 Å². The minimum absolute atomic E-state index is 0.585. The minimum Gasteiger partial charge on any atom is -0.348 e. The summed E-state index contributed by atoms with van der Waals surface area (Å²) in [6, 6.07) is 8.22. The lowest BCUT2D eigenvalue weighted by Crippen LogP contribution is -1.95. The molecule has 0 saturated carbocycles. The van der Waals surface area contributed by atoms with Crippen LogP contribution in [0.1, 0.15) is 18.2 Å². The van der Waals surface area contributed by atoms with Gasteiger partial charge in [-0.1, -0.05) is 31.2 Å². The minimum atomic E-state index is 0.585. The van der Waals surface area contributed by atoms with Crippen LogP contribution in [0.3, 0.4) is 0 Å². The molecule has 0 aliphatic heterocycles. The number of nitrogens with two attached hydrogens (primary N) is 1. The maximum absolute atomic E-state index is 5.55. The van der Waals surface area contributed by atoms with E-state index in [1.54, 1.807) is 6.33 Å². The summed E-state index contributed by atoms with van der Waals surface area (Å²) < 4.78 is 0. The second-order valence-electron chi connectivity index (χ2n) is 3.48. The van der Waals surface area contributed by atoms with Gasteiger partial charge < -0.3 is 10.7 Å². The molecule has 0 aliphatic carbocycles. The molecule has 0 fully saturated rings. The van der Waals surface area contributed by atoms with E-state index in [0.717, 1.165) is 23.2 Å². The molecule has 0 bridgehead atoms. The maximum atomic E-state index is 5.55. The summed E-state index contributed by atoms with van der Waals surface area (Å²) in [5.41, 5.74) is 10.1. The third kappa shape index (κ3) is 1.92. The second-order valence-corrected chi connectivity index (χ2v) is 3.48. The summed E-state index contributed by atoms with van der Waals surface area (Å²) in [5, 5.41) is 0. The number of aromatic amines is 1. The smallest absolute Gasteiger partial charge is 0.0929 e. The maximum Gasteiger partial charge on any atom is 0.0929 e.